The third kappa shape index (κ3) is 5.02. The van der Waals surface area contributed by atoms with Gasteiger partial charge in [-0.2, -0.15) is 9.40 Å². The molecule has 1 aromatic heterocycles. The minimum atomic E-state index is -3.61. The summed E-state index contributed by atoms with van der Waals surface area (Å²) >= 11 is 0. The monoisotopic (exact) mass is 422 g/mol. The van der Waals surface area contributed by atoms with Gasteiger partial charge in [0.05, 0.1) is 11.4 Å². The number of nitrogens with one attached hydrogen (secondary N) is 1. The molecule has 1 aliphatic rings. The van der Waals surface area contributed by atoms with Gasteiger partial charge in [-0.15, -0.1) is 0 Å². The van der Waals surface area contributed by atoms with E-state index in [-0.39, 0.29) is 23.2 Å². The standard InChI is InChI=1S/C20H27FN4O3S/c1-15-20(29(27,28)24-12-4-3-5-13-24)16(2)25(23-15)14-19(26)22-11-10-17-6-8-18(21)9-7-17/h6-9H,3-5,10-14H2,1-2H3,(H,22,26). The molecule has 0 spiro atoms. The van der Waals surface area contributed by atoms with E-state index in [1.165, 1.54) is 21.1 Å². The lowest BCUT2D eigenvalue weighted by Gasteiger charge is -2.25. The first-order valence-corrected chi connectivity index (χ1v) is 11.3. The average Bonchev–Trinajstić information content (AvgIpc) is 2.97. The lowest BCUT2D eigenvalue weighted by Crippen LogP contribution is -2.36. The van der Waals surface area contributed by atoms with Crippen molar-refractivity contribution in [2.75, 3.05) is 19.6 Å². The Labute approximate surface area is 171 Å². The summed E-state index contributed by atoms with van der Waals surface area (Å²) in [5.74, 6) is -0.544. The van der Waals surface area contributed by atoms with Crippen molar-refractivity contribution in [2.24, 2.45) is 0 Å². The molecule has 1 amide bonds. The van der Waals surface area contributed by atoms with Crippen molar-refractivity contribution in [1.29, 1.82) is 0 Å². The van der Waals surface area contributed by atoms with Gasteiger partial charge in [-0.25, -0.2) is 12.8 Å². The molecule has 2 aromatic rings. The molecule has 1 N–H and O–H groups in total. The molecule has 1 fully saturated rings. The SMILES string of the molecule is Cc1nn(CC(=O)NCCc2ccc(F)cc2)c(C)c1S(=O)(=O)N1CCCCC1. The van der Waals surface area contributed by atoms with Gasteiger partial charge in [0.15, 0.2) is 0 Å². The van der Waals surface area contributed by atoms with Crippen molar-refractivity contribution in [1.82, 2.24) is 19.4 Å². The van der Waals surface area contributed by atoms with E-state index in [2.05, 4.69) is 10.4 Å². The number of carbonyl (C=O) groups is 1. The summed E-state index contributed by atoms with van der Waals surface area (Å²) in [7, 11) is -3.61. The van der Waals surface area contributed by atoms with Crippen LogP contribution in [-0.2, 0) is 27.8 Å². The van der Waals surface area contributed by atoms with Crippen LogP contribution in [0.5, 0.6) is 0 Å². The Hall–Kier alpha value is -2.26. The number of nitrogens with zero attached hydrogens (tertiary/aromatic N) is 3. The van der Waals surface area contributed by atoms with Gasteiger partial charge in [-0.05, 0) is 50.8 Å². The fourth-order valence-corrected chi connectivity index (χ4v) is 5.52. The van der Waals surface area contributed by atoms with Crippen LogP contribution < -0.4 is 5.32 Å². The summed E-state index contributed by atoms with van der Waals surface area (Å²) in [4.78, 5) is 12.5. The number of sulfonamides is 1. The largest absolute Gasteiger partial charge is 0.354 e. The van der Waals surface area contributed by atoms with Crippen molar-refractivity contribution < 1.29 is 17.6 Å². The number of hydrogen-bond acceptors (Lipinski definition) is 4. The first kappa shape index (κ1) is 21.4. The lowest BCUT2D eigenvalue weighted by molar-refractivity contribution is -0.121. The molecule has 0 unspecified atom stereocenters. The Morgan fingerprint density at radius 2 is 1.79 bits per heavy atom. The summed E-state index contributed by atoms with van der Waals surface area (Å²) in [6.45, 7) is 4.75. The van der Waals surface area contributed by atoms with Crippen LogP contribution in [0.4, 0.5) is 4.39 Å². The Morgan fingerprint density at radius 1 is 1.14 bits per heavy atom. The maximum Gasteiger partial charge on any atom is 0.246 e. The fraction of sp³-hybridized carbons (Fsp3) is 0.500. The van der Waals surface area contributed by atoms with Gasteiger partial charge in [0, 0.05) is 19.6 Å². The number of hydrogen-bond donors (Lipinski definition) is 1. The van der Waals surface area contributed by atoms with Crippen LogP contribution in [0.25, 0.3) is 0 Å². The quantitative estimate of drug-likeness (QED) is 0.741. The van der Waals surface area contributed by atoms with Gasteiger partial charge in [0.2, 0.25) is 15.9 Å². The molecule has 0 radical (unpaired) electrons. The highest BCUT2D eigenvalue weighted by molar-refractivity contribution is 7.89. The second-order valence-corrected chi connectivity index (χ2v) is 9.22. The number of halogens is 1. The zero-order valence-corrected chi connectivity index (χ0v) is 17.6. The summed E-state index contributed by atoms with van der Waals surface area (Å²) in [5, 5.41) is 7.09. The second kappa shape index (κ2) is 9.04. The third-order valence-corrected chi connectivity index (χ3v) is 7.32. The Kier molecular flexibility index (Phi) is 6.69. The number of aromatic nitrogens is 2. The van der Waals surface area contributed by atoms with E-state index >= 15 is 0 Å². The van der Waals surface area contributed by atoms with Crippen molar-refractivity contribution in [3.63, 3.8) is 0 Å². The molecule has 1 aliphatic heterocycles. The van der Waals surface area contributed by atoms with Crippen LogP contribution in [0.15, 0.2) is 29.2 Å². The maximum absolute atomic E-state index is 13.0. The van der Waals surface area contributed by atoms with Crippen LogP contribution in [0, 0.1) is 19.7 Å². The molecule has 2 heterocycles. The van der Waals surface area contributed by atoms with E-state index < -0.39 is 10.0 Å². The molecule has 0 saturated carbocycles. The predicted molar refractivity (Wildman–Crippen MR) is 107 cm³/mol. The van der Waals surface area contributed by atoms with Gasteiger partial charge in [0.25, 0.3) is 0 Å². The highest BCUT2D eigenvalue weighted by Gasteiger charge is 2.31. The predicted octanol–water partition coefficient (Wildman–Crippen LogP) is 2.17. The van der Waals surface area contributed by atoms with Crippen molar-refractivity contribution in [3.05, 3.63) is 47.0 Å². The molecule has 9 heteroatoms. The first-order chi connectivity index (χ1) is 13.8. The third-order valence-electron chi connectivity index (χ3n) is 5.17. The molecule has 7 nitrogen and oxygen atoms in total. The highest BCUT2D eigenvalue weighted by atomic mass is 32.2. The van der Waals surface area contributed by atoms with E-state index in [4.69, 9.17) is 0 Å². The van der Waals surface area contributed by atoms with Gasteiger partial charge >= 0.3 is 0 Å². The lowest BCUT2D eigenvalue weighted by atomic mass is 10.1. The van der Waals surface area contributed by atoms with Crippen LogP contribution in [0.1, 0.15) is 36.2 Å². The van der Waals surface area contributed by atoms with Crippen LogP contribution >= 0.6 is 0 Å². The number of aryl methyl sites for hydroxylation is 1. The van der Waals surface area contributed by atoms with Crippen molar-refractivity contribution in [3.8, 4) is 0 Å². The smallest absolute Gasteiger partial charge is 0.246 e. The molecule has 0 bridgehead atoms. The summed E-state index contributed by atoms with van der Waals surface area (Å²) in [6.07, 6.45) is 3.35. The van der Waals surface area contributed by atoms with E-state index in [0.29, 0.717) is 37.4 Å². The van der Waals surface area contributed by atoms with E-state index in [9.17, 15) is 17.6 Å². The number of rotatable bonds is 7. The van der Waals surface area contributed by atoms with Crippen LogP contribution in [0.3, 0.4) is 0 Å². The molecular formula is C20H27FN4O3S. The Bertz CT molecular complexity index is 964. The van der Waals surface area contributed by atoms with Crippen LogP contribution in [-0.4, -0.2) is 48.0 Å². The zero-order valence-electron chi connectivity index (χ0n) is 16.8. The molecule has 1 saturated heterocycles. The molecule has 3 rings (SSSR count). The van der Waals surface area contributed by atoms with Gasteiger partial charge in [0.1, 0.15) is 17.3 Å². The Morgan fingerprint density at radius 3 is 2.45 bits per heavy atom. The number of carbonyl (C=O) groups excluding carboxylic acids is 1. The summed E-state index contributed by atoms with van der Waals surface area (Å²) in [5.41, 5.74) is 1.81. The van der Waals surface area contributed by atoms with Gasteiger partial charge in [-0.1, -0.05) is 18.6 Å². The number of benzene rings is 1. The Balaban J connectivity index is 1.63. The minimum Gasteiger partial charge on any atom is -0.354 e. The molecule has 0 atom stereocenters. The topological polar surface area (TPSA) is 84.3 Å². The molecule has 0 aliphatic carbocycles. The average molecular weight is 423 g/mol. The summed E-state index contributed by atoms with van der Waals surface area (Å²) < 4.78 is 41.9. The highest BCUT2D eigenvalue weighted by Crippen LogP contribution is 2.26. The molecule has 29 heavy (non-hydrogen) atoms. The van der Waals surface area contributed by atoms with E-state index in [0.717, 1.165) is 24.8 Å². The minimum absolute atomic E-state index is 0.0500. The van der Waals surface area contributed by atoms with Crippen molar-refractivity contribution >= 4 is 15.9 Å². The number of amides is 1. The maximum atomic E-state index is 13.0. The molecule has 1 aromatic carbocycles. The normalized spacial score (nSPS) is 15.4. The molecule has 158 valence electrons. The number of piperidine rings is 1. The van der Waals surface area contributed by atoms with Crippen molar-refractivity contribution in [2.45, 2.75) is 51.0 Å². The van der Waals surface area contributed by atoms with E-state index in [1.807, 2.05) is 0 Å². The zero-order chi connectivity index (χ0) is 21.0. The first-order valence-electron chi connectivity index (χ1n) is 9.84. The second-order valence-electron chi connectivity index (χ2n) is 7.35. The molecular weight excluding hydrogens is 395 g/mol. The van der Waals surface area contributed by atoms with E-state index in [1.54, 1.807) is 26.0 Å². The fourth-order valence-electron chi connectivity index (χ4n) is 3.63. The van der Waals surface area contributed by atoms with Gasteiger partial charge in [-0.3, -0.25) is 9.48 Å². The van der Waals surface area contributed by atoms with Gasteiger partial charge < -0.3 is 5.32 Å². The van der Waals surface area contributed by atoms with Crippen LogP contribution in [0.2, 0.25) is 0 Å². The summed E-state index contributed by atoms with van der Waals surface area (Å²) in [6, 6.07) is 6.13.